The summed E-state index contributed by atoms with van der Waals surface area (Å²) in [5.74, 6) is -0.298. The van der Waals surface area contributed by atoms with Crippen molar-refractivity contribution in [2.24, 2.45) is 11.7 Å². The Morgan fingerprint density at radius 2 is 2.04 bits per heavy atom. The smallest absolute Gasteiger partial charge is 0.218 e. The zero-order valence-electron chi connectivity index (χ0n) is 13.9. The van der Waals surface area contributed by atoms with Crippen LogP contribution < -0.4 is 5.73 Å². The number of nitrogens with zero attached hydrogens (tertiary/aromatic N) is 4. The lowest BCUT2D eigenvalue weighted by atomic mass is 10.00. The monoisotopic (exact) mass is 367 g/mol. The molecule has 2 N–H and O–H groups in total. The normalized spacial score (nSPS) is 19.2. The molecule has 2 aromatic rings. The molecule has 1 aromatic heterocycles. The lowest BCUT2D eigenvalue weighted by molar-refractivity contribution is 0.238. The van der Waals surface area contributed by atoms with Gasteiger partial charge >= 0.3 is 0 Å². The largest absolute Gasteiger partial charge is 0.325 e. The van der Waals surface area contributed by atoms with Crippen molar-refractivity contribution in [3.63, 3.8) is 0 Å². The summed E-state index contributed by atoms with van der Waals surface area (Å²) in [4.78, 5) is 0. The predicted molar refractivity (Wildman–Crippen MR) is 91.2 cm³/mol. The van der Waals surface area contributed by atoms with Gasteiger partial charge in [-0.2, -0.15) is 0 Å². The Morgan fingerprint density at radius 3 is 2.72 bits per heavy atom. The predicted octanol–water partition coefficient (Wildman–Crippen LogP) is 1.12. The molecule has 3 rings (SSSR count). The molecule has 2 heterocycles. The van der Waals surface area contributed by atoms with E-state index in [1.165, 1.54) is 28.6 Å². The van der Waals surface area contributed by atoms with Crippen molar-refractivity contribution in [2.45, 2.75) is 31.7 Å². The van der Waals surface area contributed by atoms with Crippen molar-refractivity contribution >= 4 is 10.0 Å². The SMILES string of the molecule is NCc1cn(CC2CCCN(S(=O)(=O)Cc3ccc(F)cc3)C2)nn1. The maximum atomic E-state index is 13.0. The quantitative estimate of drug-likeness (QED) is 0.826. The van der Waals surface area contributed by atoms with E-state index in [1.807, 2.05) is 0 Å². The Morgan fingerprint density at radius 1 is 1.28 bits per heavy atom. The van der Waals surface area contributed by atoms with Crippen molar-refractivity contribution < 1.29 is 12.8 Å². The van der Waals surface area contributed by atoms with E-state index in [4.69, 9.17) is 5.73 Å². The molecule has 0 radical (unpaired) electrons. The second kappa shape index (κ2) is 7.59. The summed E-state index contributed by atoms with van der Waals surface area (Å²) in [6, 6.07) is 5.59. The summed E-state index contributed by atoms with van der Waals surface area (Å²) in [5.41, 5.74) is 6.84. The number of benzene rings is 1. The minimum Gasteiger partial charge on any atom is -0.325 e. The van der Waals surface area contributed by atoms with Gasteiger partial charge in [-0.05, 0) is 36.5 Å². The molecule has 1 aromatic carbocycles. The Balaban J connectivity index is 1.64. The van der Waals surface area contributed by atoms with E-state index in [1.54, 1.807) is 10.9 Å². The maximum absolute atomic E-state index is 13.0. The van der Waals surface area contributed by atoms with Gasteiger partial charge in [0.2, 0.25) is 10.0 Å². The zero-order valence-corrected chi connectivity index (χ0v) is 14.7. The fraction of sp³-hybridized carbons (Fsp3) is 0.500. The van der Waals surface area contributed by atoms with Crippen molar-refractivity contribution in [3.05, 3.63) is 47.5 Å². The van der Waals surface area contributed by atoms with Crippen LogP contribution in [0, 0.1) is 11.7 Å². The standard InChI is InChI=1S/C16H22FN5O2S/c17-15-5-3-13(4-6-15)12-25(23,24)22-7-1-2-14(10-22)9-21-11-16(8-18)19-20-21/h3-6,11,14H,1-2,7-10,12,18H2. The van der Waals surface area contributed by atoms with Gasteiger partial charge < -0.3 is 5.73 Å². The number of sulfonamides is 1. The number of rotatable bonds is 6. The third kappa shape index (κ3) is 4.62. The second-order valence-corrected chi connectivity index (χ2v) is 8.35. The molecule has 7 nitrogen and oxygen atoms in total. The van der Waals surface area contributed by atoms with Crippen LogP contribution in [-0.2, 0) is 28.9 Å². The molecule has 0 amide bonds. The van der Waals surface area contributed by atoms with Crippen molar-refractivity contribution in [1.82, 2.24) is 19.3 Å². The average Bonchev–Trinajstić information content (AvgIpc) is 3.05. The highest BCUT2D eigenvalue weighted by Gasteiger charge is 2.29. The van der Waals surface area contributed by atoms with Crippen molar-refractivity contribution in [3.8, 4) is 0 Å². The first-order valence-corrected chi connectivity index (χ1v) is 9.88. The molecule has 0 aliphatic carbocycles. The number of aromatic nitrogens is 3. The summed E-state index contributed by atoms with van der Waals surface area (Å²) in [6.07, 6.45) is 3.55. The molecule has 1 fully saturated rings. The molecule has 1 atom stereocenters. The van der Waals surface area contributed by atoms with Crippen LogP contribution in [0.25, 0.3) is 0 Å². The van der Waals surface area contributed by atoms with E-state index in [0.717, 1.165) is 18.5 Å². The molecular weight excluding hydrogens is 345 g/mol. The van der Waals surface area contributed by atoms with Crippen LogP contribution in [0.1, 0.15) is 24.1 Å². The van der Waals surface area contributed by atoms with E-state index in [9.17, 15) is 12.8 Å². The van der Waals surface area contributed by atoms with Gasteiger partial charge in [-0.15, -0.1) is 5.10 Å². The second-order valence-electron chi connectivity index (χ2n) is 6.39. The number of piperidine rings is 1. The minimum atomic E-state index is -3.43. The molecule has 9 heteroatoms. The molecule has 0 saturated carbocycles. The van der Waals surface area contributed by atoms with Crippen LogP contribution in [0.5, 0.6) is 0 Å². The molecule has 1 unspecified atom stereocenters. The van der Waals surface area contributed by atoms with Gasteiger partial charge in [0.15, 0.2) is 0 Å². The van der Waals surface area contributed by atoms with Gasteiger partial charge in [0, 0.05) is 32.4 Å². The molecule has 136 valence electrons. The van der Waals surface area contributed by atoms with Gasteiger partial charge in [0.25, 0.3) is 0 Å². The summed E-state index contributed by atoms with van der Waals surface area (Å²) < 4.78 is 41.6. The summed E-state index contributed by atoms with van der Waals surface area (Å²) >= 11 is 0. The summed E-state index contributed by atoms with van der Waals surface area (Å²) in [5, 5.41) is 7.98. The lowest BCUT2D eigenvalue weighted by Crippen LogP contribution is -2.41. The zero-order chi connectivity index (χ0) is 17.9. The van der Waals surface area contributed by atoms with E-state index in [-0.39, 0.29) is 17.5 Å². The third-order valence-electron chi connectivity index (χ3n) is 4.38. The Labute approximate surface area is 146 Å². The topological polar surface area (TPSA) is 94.1 Å². The van der Waals surface area contributed by atoms with Crippen LogP contribution >= 0.6 is 0 Å². The van der Waals surface area contributed by atoms with Crippen LogP contribution in [0.4, 0.5) is 4.39 Å². The minimum absolute atomic E-state index is 0.110. The van der Waals surface area contributed by atoms with Crippen LogP contribution in [0.2, 0.25) is 0 Å². The van der Waals surface area contributed by atoms with Gasteiger partial charge in [-0.25, -0.2) is 17.1 Å². The number of hydrogen-bond donors (Lipinski definition) is 1. The first-order valence-electron chi connectivity index (χ1n) is 8.27. The van der Waals surface area contributed by atoms with Gasteiger partial charge in [0.1, 0.15) is 5.82 Å². The van der Waals surface area contributed by atoms with E-state index in [0.29, 0.717) is 31.7 Å². The molecule has 0 bridgehead atoms. The molecule has 0 spiro atoms. The number of hydrogen-bond acceptors (Lipinski definition) is 5. The van der Waals surface area contributed by atoms with Gasteiger partial charge in [0.05, 0.1) is 11.4 Å². The van der Waals surface area contributed by atoms with E-state index < -0.39 is 10.0 Å². The third-order valence-corrected chi connectivity index (χ3v) is 6.19. The highest BCUT2D eigenvalue weighted by molar-refractivity contribution is 7.88. The van der Waals surface area contributed by atoms with Crippen molar-refractivity contribution in [2.75, 3.05) is 13.1 Å². The Hall–Kier alpha value is -1.84. The molecule has 1 saturated heterocycles. The highest BCUT2D eigenvalue weighted by Crippen LogP contribution is 2.22. The average molecular weight is 367 g/mol. The Kier molecular flexibility index (Phi) is 5.45. The molecule has 1 aliphatic rings. The summed E-state index contributed by atoms with van der Waals surface area (Å²) in [7, 11) is -3.43. The molecular formula is C16H22FN5O2S. The first-order chi connectivity index (χ1) is 12.0. The molecule has 25 heavy (non-hydrogen) atoms. The molecule has 1 aliphatic heterocycles. The van der Waals surface area contributed by atoms with Crippen molar-refractivity contribution in [1.29, 1.82) is 0 Å². The van der Waals surface area contributed by atoms with E-state index in [2.05, 4.69) is 10.3 Å². The van der Waals surface area contributed by atoms with Crippen LogP contribution in [-0.4, -0.2) is 40.8 Å². The van der Waals surface area contributed by atoms with E-state index >= 15 is 0 Å². The van der Waals surface area contributed by atoms with Gasteiger partial charge in [-0.3, -0.25) is 4.68 Å². The fourth-order valence-corrected chi connectivity index (χ4v) is 4.74. The maximum Gasteiger partial charge on any atom is 0.218 e. The Bertz CT molecular complexity index is 806. The van der Waals surface area contributed by atoms with Crippen LogP contribution in [0.3, 0.4) is 0 Å². The number of halogens is 1. The first kappa shape index (κ1) is 18.0. The fourth-order valence-electron chi connectivity index (χ4n) is 3.10. The lowest BCUT2D eigenvalue weighted by Gasteiger charge is -2.31. The summed E-state index contributed by atoms with van der Waals surface area (Å²) in [6.45, 7) is 1.94. The number of nitrogens with two attached hydrogens (primary N) is 1. The van der Waals surface area contributed by atoms with Gasteiger partial charge in [-0.1, -0.05) is 17.3 Å². The van der Waals surface area contributed by atoms with Crippen LogP contribution in [0.15, 0.2) is 30.5 Å². The highest BCUT2D eigenvalue weighted by atomic mass is 32.2.